The summed E-state index contributed by atoms with van der Waals surface area (Å²) in [4.78, 5) is 10.3. The van der Waals surface area contributed by atoms with E-state index in [1.165, 1.54) is 30.6 Å². The van der Waals surface area contributed by atoms with E-state index in [9.17, 15) is 0 Å². The topological polar surface area (TPSA) is 58.5 Å². The molecule has 7 heteroatoms. The van der Waals surface area contributed by atoms with E-state index in [4.69, 9.17) is 4.74 Å². The van der Waals surface area contributed by atoms with E-state index >= 15 is 0 Å². The standard InChI is InChI=1S/C19H32N4OS.HI/c1-5-24-17-12-16(19(17)9-6-7-10-19)23-18(20-4)21-11-8-15-13(2)22-14(3)25-15;/h16-17H,5-12H2,1-4H3,(H2,20,21,23);1H. The van der Waals surface area contributed by atoms with E-state index in [-0.39, 0.29) is 24.0 Å². The van der Waals surface area contributed by atoms with Crippen LogP contribution in [0.2, 0.25) is 0 Å². The molecule has 2 fully saturated rings. The average molecular weight is 492 g/mol. The quantitative estimate of drug-likeness (QED) is 0.360. The molecule has 2 aliphatic carbocycles. The number of nitrogens with zero attached hydrogens (tertiary/aromatic N) is 2. The minimum Gasteiger partial charge on any atom is -0.378 e. The van der Waals surface area contributed by atoms with Crippen molar-refractivity contribution >= 4 is 41.3 Å². The van der Waals surface area contributed by atoms with Gasteiger partial charge in [-0.05, 0) is 40.0 Å². The molecule has 2 aliphatic rings. The molecule has 26 heavy (non-hydrogen) atoms. The molecule has 2 atom stereocenters. The molecule has 5 nitrogen and oxygen atoms in total. The molecule has 0 amide bonds. The molecule has 0 bridgehead atoms. The van der Waals surface area contributed by atoms with Crippen LogP contribution in [-0.4, -0.2) is 43.3 Å². The summed E-state index contributed by atoms with van der Waals surface area (Å²) in [6, 6.07) is 0.491. The maximum Gasteiger partial charge on any atom is 0.191 e. The SMILES string of the molecule is CCOC1CC(NC(=NC)NCCc2sc(C)nc2C)C12CCCC2.I. The zero-order valence-corrected chi connectivity index (χ0v) is 19.6. The molecule has 1 aromatic rings. The Bertz CT molecular complexity index is 613. The van der Waals surface area contributed by atoms with Crippen molar-refractivity contribution < 1.29 is 4.74 Å². The first-order valence-electron chi connectivity index (χ1n) is 9.60. The predicted molar refractivity (Wildman–Crippen MR) is 120 cm³/mol. The number of rotatable bonds is 6. The van der Waals surface area contributed by atoms with Crippen molar-refractivity contribution in [1.82, 2.24) is 15.6 Å². The number of guanidine groups is 1. The molecule has 148 valence electrons. The monoisotopic (exact) mass is 492 g/mol. The highest BCUT2D eigenvalue weighted by atomic mass is 127. The minimum atomic E-state index is 0. The number of aryl methyl sites for hydroxylation is 2. The molecule has 1 heterocycles. The van der Waals surface area contributed by atoms with Crippen molar-refractivity contribution in [3.05, 3.63) is 15.6 Å². The lowest BCUT2D eigenvalue weighted by molar-refractivity contribution is -0.125. The lowest BCUT2D eigenvalue weighted by Gasteiger charge is -2.54. The number of hydrogen-bond donors (Lipinski definition) is 2. The summed E-state index contributed by atoms with van der Waals surface area (Å²) >= 11 is 1.80. The van der Waals surface area contributed by atoms with Crippen LogP contribution in [0, 0.1) is 19.3 Å². The Balaban J connectivity index is 0.00000243. The summed E-state index contributed by atoms with van der Waals surface area (Å²) in [6.45, 7) is 7.98. The number of aliphatic imine (C=N–C) groups is 1. The largest absolute Gasteiger partial charge is 0.378 e. The maximum atomic E-state index is 6.01. The number of aromatic nitrogens is 1. The second-order valence-corrected chi connectivity index (χ2v) is 8.60. The van der Waals surface area contributed by atoms with Gasteiger partial charge in [0, 0.05) is 43.0 Å². The van der Waals surface area contributed by atoms with Crippen molar-refractivity contribution in [2.24, 2.45) is 10.4 Å². The lowest BCUT2D eigenvalue weighted by atomic mass is 9.60. The van der Waals surface area contributed by atoms with E-state index in [2.05, 4.69) is 41.4 Å². The Labute approximate surface area is 178 Å². The van der Waals surface area contributed by atoms with Crippen LogP contribution in [-0.2, 0) is 11.2 Å². The third-order valence-corrected chi connectivity index (χ3v) is 7.00. The van der Waals surface area contributed by atoms with Crippen LogP contribution in [0.15, 0.2) is 4.99 Å². The minimum absolute atomic E-state index is 0. The van der Waals surface area contributed by atoms with Crippen LogP contribution in [0.25, 0.3) is 0 Å². The number of thiazole rings is 1. The van der Waals surface area contributed by atoms with Gasteiger partial charge in [0.2, 0.25) is 0 Å². The molecule has 0 saturated heterocycles. The zero-order valence-electron chi connectivity index (χ0n) is 16.4. The average Bonchev–Trinajstić information content (AvgIpc) is 3.21. The van der Waals surface area contributed by atoms with Crippen molar-refractivity contribution in [1.29, 1.82) is 0 Å². The lowest BCUT2D eigenvalue weighted by Crippen LogP contribution is -2.65. The highest BCUT2D eigenvalue weighted by Gasteiger charge is 2.56. The van der Waals surface area contributed by atoms with Gasteiger partial charge in [-0.25, -0.2) is 4.98 Å². The first-order chi connectivity index (χ1) is 12.1. The first-order valence-corrected chi connectivity index (χ1v) is 10.4. The van der Waals surface area contributed by atoms with E-state index in [1.807, 2.05) is 7.05 Å². The predicted octanol–water partition coefficient (Wildman–Crippen LogP) is 3.82. The molecule has 2 saturated carbocycles. The third-order valence-electron chi connectivity index (χ3n) is 5.87. The van der Waals surface area contributed by atoms with Crippen LogP contribution in [0.1, 0.15) is 54.6 Å². The normalized spacial score (nSPS) is 24.2. The molecule has 2 unspecified atom stereocenters. The molecule has 1 aromatic heterocycles. The van der Waals surface area contributed by atoms with Gasteiger partial charge < -0.3 is 15.4 Å². The van der Waals surface area contributed by atoms with Gasteiger partial charge in [-0.1, -0.05) is 12.8 Å². The van der Waals surface area contributed by atoms with Crippen molar-refractivity contribution in [2.45, 2.75) is 71.4 Å². The summed E-state index contributed by atoms with van der Waals surface area (Å²) in [5, 5.41) is 8.31. The van der Waals surface area contributed by atoms with Gasteiger partial charge >= 0.3 is 0 Å². The van der Waals surface area contributed by atoms with Gasteiger partial charge in [0.25, 0.3) is 0 Å². The Morgan fingerprint density at radius 3 is 2.65 bits per heavy atom. The van der Waals surface area contributed by atoms with Gasteiger partial charge in [0.1, 0.15) is 0 Å². The fraction of sp³-hybridized carbons (Fsp3) is 0.789. The van der Waals surface area contributed by atoms with E-state index in [0.717, 1.165) is 42.7 Å². The van der Waals surface area contributed by atoms with Crippen molar-refractivity contribution in [3.8, 4) is 0 Å². The molecule has 3 rings (SSSR count). The molecule has 1 spiro atoms. The van der Waals surface area contributed by atoms with Gasteiger partial charge in [-0.15, -0.1) is 35.3 Å². The van der Waals surface area contributed by atoms with Gasteiger partial charge in [0.05, 0.1) is 16.8 Å². The van der Waals surface area contributed by atoms with E-state index < -0.39 is 0 Å². The fourth-order valence-electron chi connectivity index (χ4n) is 4.55. The van der Waals surface area contributed by atoms with Crippen LogP contribution in [0.5, 0.6) is 0 Å². The van der Waals surface area contributed by atoms with Crippen LogP contribution < -0.4 is 10.6 Å². The van der Waals surface area contributed by atoms with E-state index in [1.54, 1.807) is 11.3 Å². The molecular weight excluding hydrogens is 459 g/mol. The van der Waals surface area contributed by atoms with Crippen LogP contribution >= 0.6 is 35.3 Å². The van der Waals surface area contributed by atoms with E-state index in [0.29, 0.717) is 17.6 Å². The Hall–Kier alpha value is -0.410. The molecular formula is C19H33IN4OS. The number of halogens is 1. The third kappa shape index (κ3) is 4.52. The Morgan fingerprint density at radius 1 is 1.35 bits per heavy atom. The van der Waals surface area contributed by atoms with Gasteiger partial charge in [-0.3, -0.25) is 4.99 Å². The molecule has 0 aromatic carbocycles. The van der Waals surface area contributed by atoms with Crippen molar-refractivity contribution in [2.75, 3.05) is 20.2 Å². The maximum absolute atomic E-state index is 6.01. The van der Waals surface area contributed by atoms with Crippen molar-refractivity contribution in [3.63, 3.8) is 0 Å². The molecule has 0 radical (unpaired) electrons. The van der Waals surface area contributed by atoms with Crippen LogP contribution in [0.4, 0.5) is 0 Å². The summed E-state index contributed by atoms with van der Waals surface area (Å²) in [5.41, 5.74) is 1.50. The highest BCUT2D eigenvalue weighted by molar-refractivity contribution is 14.0. The second kappa shape index (κ2) is 9.68. The fourth-order valence-corrected chi connectivity index (χ4v) is 5.49. The van der Waals surface area contributed by atoms with Gasteiger partial charge in [0.15, 0.2) is 5.96 Å². The smallest absolute Gasteiger partial charge is 0.191 e. The first kappa shape index (κ1) is 21.9. The number of ether oxygens (including phenoxy) is 1. The second-order valence-electron chi connectivity index (χ2n) is 7.31. The van der Waals surface area contributed by atoms with Crippen LogP contribution in [0.3, 0.4) is 0 Å². The molecule has 2 N–H and O–H groups in total. The Morgan fingerprint density at radius 2 is 2.08 bits per heavy atom. The summed E-state index contributed by atoms with van der Waals surface area (Å²) in [5.74, 6) is 0.921. The summed E-state index contributed by atoms with van der Waals surface area (Å²) in [6.07, 6.45) is 7.75. The Kier molecular flexibility index (Phi) is 8.15. The molecule has 0 aliphatic heterocycles. The summed E-state index contributed by atoms with van der Waals surface area (Å²) < 4.78 is 6.01. The number of hydrogen-bond acceptors (Lipinski definition) is 4. The number of nitrogens with one attached hydrogen (secondary N) is 2. The summed E-state index contributed by atoms with van der Waals surface area (Å²) in [7, 11) is 1.86. The zero-order chi connectivity index (χ0) is 17.9. The highest BCUT2D eigenvalue weighted by Crippen LogP contribution is 2.54. The van der Waals surface area contributed by atoms with Gasteiger partial charge in [-0.2, -0.15) is 0 Å².